The normalized spacial score (nSPS) is 17.5. The van der Waals surface area contributed by atoms with Crippen molar-refractivity contribution in [3.63, 3.8) is 0 Å². The first-order chi connectivity index (χ1) is 10.7. The molecule has 0 spiro atoms. The molecule has 24 heavy (non-hydrogen) atoms. The average Bonchev–Trinajstić information content (AvgIpc) is 2.43. The van der Waals surface area contributed by atoms with Crippen LogP contribution in [-0.4, -0.2) is 43.9 Å². The van der Waals surface area contributed by atoms with E-state index in [2.05, 4.69) is 26.0 Å². The maximum atomic E-state index is 12.9. The van der Waals surface area contributed by atoms with Gasteiger partial charge in [-0.05, 0) is 23.8 Å². The molecule has 3 nitrogen and oxygen atoms in total. The van der Waals surface area contributed by atoms with Crippen LogP contribution in [0.2, 0.25) is 0 Å². The average molecular weight is 440 g/mol. The largest absolute Gasteiger partial charge is 0.573 e. The van der Waals surface area contributed by atoms with Crippen LogP contribution < -0.4 is 10.1 Å². The molecule has 0 unspecified atom stereocenters. The Morgan fingerprint density at radius 2 is 1.79 bits per heavy atom. The fourth-order valence-corrected chi connectivity index (χ4v) is 3.12. The summed E-state index contributed by atoms with van der Waals surface area (Å²) in [6.07, 6.45) is -7.83. The zero-order valence-electron chi connectivity index (χ0n) is 12.5. The molecule has 2 rings (SSSR count). The summed E-state index contributed by atoms with van der Waals surface area (Å²) in [6, 6.07) is 3.23. The molecule has 0 bridgehead atoms. The summed E-state index contributed by atoms with van der Waals surface area (Å²) < 4.78 is 67.3. The summed E-state index contributed by atoms with van der Waals surface area (Å²) in [6.45, 7) is 2.41. The van der Waals surface area contributed by atoms with Gasteiger partial charge in [0.05, 0.1) is 0 Å². The van der Waals surface area contributed by atoms with Gasteiger partial charge < -0.3 is 10.1 Å². The topological polar surface area (TPSA) is 24.5 Å². The molecule has 0 aromatic heterocycles. The van der Waals surface area contributed by atoms with Gasteiger partial charge in [-0.15, -0.1) is 25.6 Å². The van der Waals surface area contributed by atoms with Crippen molar-refractivity contribution in [2.24, 2.45) is 0 Å². The molecule has 10 heteroatoms. The third-order valence-electron chi connectivity index (χ3n) is 3.51. The van der Waals surface area contributed by atoms with Crippen molar-refractivity contribution in [2.75, 3.05) is 26.2 Å². The van der Waals surface area contributed by atoms with E-state index in [1.807, 2.05) is 4.90 Å². The predicted octanol–water partition coefficient (Wildman–Crippen LogP) is 4.37. The molecular formula is C14H17BrClF5N2O. The van der Waals surface area contributed by atoms with Gasteiger partial charge in [0, 0.05) is 43.1 Å². The van der Waals surface area contributed by atoms with Gasteiger partial charge in [-0.3, -0.25) is 4.90 Å². The van der Waals surface area contributed by atoms with E-state index in [1.54, 1.807) is 6.07 Å². The summed E-state index contributed by atoms with van der Waals surface area (Å²) in [7, 11) is 0. The molecule has 1 fully saturated rings. The second-order valence-corrected chi connectivity index (χ2v) is 6.11. The maximum Gasteiger partial charge on any atom is 0.573 e. The summed E-state index contributed by atoms with van der Waals surface area (Å²) in [4.78, 5) is 1.85. The molecule has 1 heterocycles. The quantitative estimate of drug-likeness (QED) is 0.690. The summed E-state index contributed by atoms with van der Waals surface area (Å²) >= 11 is 3.11. The molecule has 1 saturated heterocycles. The minimum Gasteiger partial charge on any atom is -0.406 e. The van der Waals surface area contributed by atoms with Gasteiger partial charge in [0.25, 0.3) is 0 Å². The van der Waals surface area contributed by atoms with Crippen LogP contribution in [0.1, 0.15) is 18.0 Å². The van der Waals surface area contributed by atoms with Crippen LogP contribution in [0.25, 0.3) is 0 Å². The first-order valence-corrected chi connectivity index (χ1v) is 7.83. The van der Waals surface area contributed by atoms with Crippen LogP contribution in [0.4, 0.5) is 22.0 Å². The van der Waals surface area contributed by atoms with Crippen molar-refractivity contribution in [1.29, 1.82) is 0 Å². The second kappa shape index (κ2) is 9.17. The summed E-state index contributed by atoms with van der Waals surface area (Å²) in [5.74, 6) is -0.420. The van der Waals surface area contributed by atoms with E-state index in [9.17, 15) is 22.0 Å². The van der Waals surface area contributed by atoms with Crippen LogP contribution in [0.5, 0.6) is 5.75 Å². The molecule has 1 aromatic rings. The van der Waals surface area contributed by atoms with Crippen molar-refractivity contribution in [2.45, 2.75) is 25.3 Å². The van der Waals surface area contributed by atoms with Crippen molar-refractivity contribution in [3.8, 4) is 5.75 Å². The third kappa shape index (κ3) is 6.70. The number of piperazine rings is 1. The van der Waals surface area contributed by atoms with Crippen LogP contribution in [0, 0.1) is 0 Å². The SMILES string of the molecule is Cl.FC(F)C[C@H](c1cc(Br)cc(OC(F)(F)F)c1)N1CCNCC1. The second-order valence-electron chi connectivity index (χ2n) is 5.20. The van der Waals surface area contributed by atoms with Crippen LogP contribution in [-0.2, 0) is 0 Å². The Bertz CT molecular complexity index is 526. The molecule has 1 N–H and O–H groups in total. The zero-order valence-corrected chi connectivity index (χ0v) is 14.9. The van der Waals surface area contributed by atoms with Gasteiger partial charge in [0.15, 0.2) is 0 Å². The van der Waals surface area contributed by atoms with Crippen molar-refractivity contribution in [1.82, 2.24) is 10.2 Å². The number of alkyl halides is 5. The lowest BCUT2D eigenvalue weighted by atomic mass is 10.0. The molecule has 0 saturated carbocycles. The zero-order chi connectivity index (χ0) is 17.0. The molecule has 1 aliphatic rings. The molecule has 1 aromatic carbocycles. The van der Waals surface area contributed by atoms with E-state index in [0.717, 1.165) is 6.07 Å². The first-order valence-electron chi connectivity index (χ1n) is 7.04. The molecule has 1 atom stereocenters. The van der Waals surface area contributed by atoms with Gasteiger partial charge in [-0.1, -0.05) is 15.9 Å². The van der Waals surface area contributed by atoms with E-state index in [1.165, 1.54) is 6.07 Å². The molecule has 0 radical (unpaired) electrons. The van der Waals surface area contributed by atoms with Crippen molar-refractivity contribution < 1.29 is 26.7 Å². The van der Waals surface area contributed by atoms with Crippen molar-refractivity contribution in [3.05, 3.63) is 28.2 Å². The minimum atomic E-state index is -4.83. The van der Waals surface area contributed by atoms with E-state index in [-0.39, 0.29) is 12.4 Å². The number of ether oxygens (including phenoxy) is 1. The molecule has 0 aliphatic carbocycles. The fraction of sp³-hybridized carbons (Fsp3) is 0.571. The number of halogens is 7. The van der Waals surface area contributed by atoms with Gasteiger partial charge in [-0.25, -0.2) is 8.78 Å². The highest BCUT2D eigenvalue weighted by Gasteiger charge is 2.32. The minimum absolute atomic E-state index is 0. The Hall–Kier alpha value is -0.640. The van der Waals surface area contributed by atoms with E-state index < -0.39 is 31.0 Å². The van der Waals surface area contributed by atoms with Crippen LogP contribution in [0.15, 0.2) is 22.7 Å². The standard InChI is InChI=1S/C14H16BrF5N2O.ClH/c15-10-5-9(6-11(7-10)23-14(18,19)20)12(8-13(16)17)22-3-1-21-2-4-22;/h5-7,12-13,21H,1-4,8H2;1H/t12-;/m1./s1. The Kier molecular flexibility index (Phi) is 8.17. The predicted molar refractivity (Wildman–Crippen MR) is 85.9 cm³/mol. The van der Waals surface area contributed by atoms with Gasteiger partial charge in [0.2, 0.25) is 6.43 Å². The van der Waals surface area contributed by atoms with E-state index >= 15 is 0 Å². The smallest absolute Gasteiger partial charge is 0.406 e. The van der Waals surface area contributed by atoms with Crippen LogP contribution >= 0.6 is 28.3 Å². The number of hydrogen-bond donors (Lipinski definition) is 1. The lowest BCUT2D eigenvalue weighted by molar-refractivity contribution is -0.274. The van der Waals surface area contributed by atoms with Gasteiger partial charge in [-0.2, -0.15) is 0 Å². The van der Waals surface area contributed by atoms with Crippen molar-refractivity contribution >= 4 is 28.3 Å². The van der Waals surface area contributed by atoms with E-state index in [4.69, 9.17) is 0 Å². The highest BCUT2D eigenvalue weighted by atomic mass is 79.9. The Balaban J connectivity index is 0.00000288. The van der Waals surface area contributed by atoms with Crippen LogP contribution in [0.3, 0.4) is 0 Å². The van der Waals surface area contributed by atoms with E-state index in [0.29, 0.717) is 36.2 Å². The Labute approximate surface area is 151 Å². The summed E-state index contributed by atoms with van der Waals surface area (Å²) in [5.41, 5.74) is 0.376. The molecular weight excluding hydrogens is 423 g/mol. The number of rotatable bonds is 5. The highest BCUT2D eigenvalue weighted by molar-refractivity contribution is 9.10. The highest BCUT2D eigenvalue weighted by Crippen LogP contribution is 2.34. The molecule has 1 aliphatic heterocycles. The number of nitrogens with zero attached hydrogens (tertiary/aromatic N) is 1. The lowest BCUT2D eigenvalue weighted by Crippen LogP contribution is -2.45. The number of benzene rings is 1. The third-order valence-corrected chi connectivity index (χ3v) is 3.96. The van der Waals surface area contributed by atoms with Gasteiger partial charge >= 0.3 is 6.36 Å². The lowest BCUT2D eigenvalue weighted by Gasteiger charge is -2.35. The summed E-state index contributed by atoms with van der Waals surface area (Å²) in [5, 5.41) is 3.12. The number of nitrogens with one attached hydrogen (secondary N) is 1. The Morgan fingerprint density at radius 3 is 2.33 bits per heavy atom. The molecule has 138 valence electrons. The molecule has 0 amide bonds. The number of hydrogen-bond acceptors (Lipinski definition) is 3. The fourth-order valence-electron chi connectivity index (χ4n) is 2.63. The Morgan fingerprint density at radius 1 is 1.17 bits per heavy atom. The van der Waals surface area contributed by atoms with Gasteiger partial charge in [0.1, 0.15) is 5.75 Å². The monoisotopic (exact) mass is 438 g/mol. The first kappa shape index (κ1) is 21.4. The maximum absolute atomic E-state index is 12.9.